The van der Waals surface area contributed by atoms with E-state index in [1.54, 1.807) is 7.11 Å². The average molecular weight is 342 g/mol. The van der Waals surface area contributed by atoms with Gasteiger partial charge in [0.25, 0.3) is 0 Å². The van der Waals surface area contributed by atoms with Gasteiger partial charge < -0.3 is 20.1 Å². The Kier molecular flexibility index (Phi) is 7.29. The van der Waals surface area contributed by atoms with E-state index in [9.17, 15) is 4.79 Å². The number of rotatable bonds is 9. The molecule has 25 heavy (non-hydrogen) atoms. The van der Waals surface area contributed by atoms with Gasteiger partial charge in [0.1, 0.15) is 11.5 Å². The van der Waals surface area contributed by atoms with E-state index < -0.39 is 0 Å². The molecule has 0 spiro atoms. The van der Waals surface area contributed by atoms with Gasteiger partial charge in [0.2, 0.25) is 5.91 Å². The van der Waals surface area contributed by atoms with Crippen molar-refractivity contribution >= 4 is 11.6 Å². The maximum atomic E-state index is 11.9. The molecule has 0 atom stereocenters. The fraction of sp³-hybridized carbons (Fsp3) is 0.350. The molecule has 2 aromatic carbocycles. The monoisotopic (exact) mass is 342 g/mol. The van der Waals surface area contributed by atoms with Crippen LogP contribution in [0.25, 0.3) is 0 Å². The summed E-state index contributed by atoms with van der Waals surface area (Å²) >= 11 is 0. The van der Waals surface area contributed by atoms with Crippen molar-refractivity contribution < 1.29 is 14.3 Å². The van der Waals surface area contributed by atoms with Crippen LogP contribution in [0.4, 0.5) is 5.69 Å². The highest BCUT2D eigenvalue weighted by Crippen LogP contribution is 2.16. The van der Waals surface area contributed by atoms with Crippen LogP contribution in [-0.2, 0) is 11.2 Å². The van der Waals surface area contributed by atoms with Gasteiger partial charge in [-0.2, -0.15) is 0 Å². The number of amides is 1. The minimum absolute atomic E-state index is 0.0627. The molecule has 0 fully saturated rings. The summed E-state index contributed by atoms with van der Waals surface area (Å²) in [5.41, 5.74) is 1.97. The van der Waals surface area contributed by atoms with E-state index in [-0.39, 0.29) is 18.6 Å². The lowest BCUT2D eigenvalue weighted by Gasteiger charge is -2.11. The summed E-state index contributed by atoms with van der Waals surface area (Å²) in [7, 11) is 1.65. The summed E-state index contributed by atoms with van der Waals surface area (Å²) in [4.78, 5) is 11.9. The quantitative estimate of drug-likeness (QED) is 0.687. The molecule has 2 aromatic rings. The minimum Gasteiger partial charge on any atom is -0.497 e. The maximum absolute atomic E-state index is 11.9. The summed E-state index contributed by atoms with van der Waals surface area (Å²) in [6.07, 6.45) is 0.994. The van der Waals surface area contributed by atoms with Gasteiger partial charge in [-0.05, 0) is 68.8 Å². The standard InChI is InChI=1S/C20H26N2O3/c1-15(2)25-19-10-6-17(7-11-19)22-20(23)14-21-13-12-16-4-8-18(24-3)9-5-16/h4-11,15,21H,12-14H2,1-3H3,(H,22,23). The third-order valence-corrected chi connectivity index (χ3v) is 3.54. The van der Waals surface area contributed by atoms with Crippen molar-refractivity contribution in [2.24, 2.45) is 0 Å². The molecule has 2 rings (SSSR count). The van der Waals surface area contributed by atoms with Gasteiger partial charge in [0, 0.05) is 5.69 Å². The predicted octanol–water partition coefficient (Wildman–Crippen LogP) is 3.25. The second kappa shape index (κ2) is 9.69. The van der Waals surface area contributed by atoms with E-state index in [4.69, 9.17) is 9.47 Å². The number of hydrogen-bond donors (Lipinski definition) is 2. The van der Waals surface area contributed by atoms with Crippen LogP contribution in [0.5, 0.6) is 11.5 Å². The predicted molar refractivity (Wildman–Crippen MR) is 100 cm³/mol. The Labute approximate surface area is 149 Å². The molecule has 1 amide bonds. The van der Waals surface area contributed by atoms with Crippen molar-refractivity contribution in [3.8, 4) is 11.5 Å². The fourth-order valence-corrected chi connectivity index (χ4v) is 2.32. The molecule has 0 aliphatic heterocycles. The zero-order valence-electron chi connectivity index (χ0n) is 15.0. The van der Waals surface area contributed by atoms with Gasteiger partial charge in [-0.1, -0.05) is 12.1 Å². The number of anilines is 1. The summed E-state index contributed by atoms with van der Waals surface area (Å²) in [6.45, 7) is 4.97. The van der Waals surface area contributed by atoms with Crippen LogP contribution in [0.3, 0.4) is 0 Å². The Morgan fingerprint density at radius 2 is 1.64 bits per heavy atom. The highest BCUT2D eigenvalue weighted by Gasteiger charge is 2.03. The van der Waals surface area contributed by atoms with Crippen LogP contribution in [0.2, 0.25) is 0 Å². The molecule has 0 aliphatic rings. The molecule has 0 heterocycles. The molecule has 0 unspecified atom stereocenters. The average Bonchev–Trinajstić information content (AvgIpc) is 2.60. The van der Waals surface area contributed by atoms with Crippen molar-refractivity contribution in [1.29, 1.82) is 0 Å². The molecule has 0 bridgehead atoms. The zero-order valence-corrected chi connectivity index (χ0v) is 15.0. The number of ether oxygens (including phenoxy) is 2. The first-order chi connectivity index (χ1) is 12.1. The van der Waals surface area contributed by atoms with Crippen molar-refractivity contribution in [1.82, 2.24) is 5.32 Å². The van der Waals surface area contributed by atoms with Gasteiger partial charge in [-0.15, -0.1) is 0 Å². The molecule has 0 saturated heterocycles. The second-order valence-corrected chi connectivity index (χ2v) is 6.01. The van der Waals surface area contributed by atoms with Gasteiger partial charge in [0.15, 0.2) is 0 Å². The van der Waals surface area contributed by atoms with Crippen LogP contribution >= 0.6 is 0 Å². The van der Waals surface area contributed by atoms with Gasteiger partial charge in [0.05, 0.1) is 19.8 Å². The third kappa shape index (κ3) is 6.85. The summed E-state index contributed by atoms with van der Waals surface area (Å²) in [5.74, 6) is 1.58. The van der Waals surface area contributed by atoms with Crippen molar-refractivity contribution in [3.63, 3.8) is 0 Å². The van der Waals surface area contributed by atoms with Gasteiger partial charge in [-0.3, -0.25) is 4.79 Å². The van der Waals surface area contributed by atoms with E-state index in [1.165, 1.54) is 5.56 Å². The lowest BCUT2D eigenvalue weighted by atomic mass is 10.1. The summed E-state index contributed by atoms with van der Waals surface area (Å²) < 4.78 is 10.7. The summed E-state index contributed by atoms with van der Waals surface area (Å²) in [5, 5.41) is 6.01. The Morgan fingerprint density at radius 1 is 1.00 bits per heavy atom. The Bertz CT molecular complexity index is 652. The van der Waals surface area contributed by atoms with Crippen molar-refractivity contribution in [2.45, 2.75) is 26.4 Å². The SMILES string of the molecule is COc1ccc(CCNCC(=O)Nc2ccc(OC(C)C)cc2)cc1. The number of nitrogens with one attached hydrogen (secondary N) is 2. The van der Waals surface area contributed by atoms with Gasteiger partial charge in [-0.25, -0.2) is 0 Å². The number of methoxy groups -OCH3 is 1. The van der Waals surface area contributed by atoms with Crippen LogP contribution in [0.15, 0.2) is 48.5 Å². The smallest absolute Gasteiger partial charge is 0.238 e. The first-order valence-electron chi connectivity index (χ1n) is 8.47. The number of hydrogen-bond acceptors (Lipinski definition) is 4. The van der Waals surface area contributed by atoms with Crippen LogP contribution in [-0.4, -0.2) is 32.2 Å². The molecular weight excluding hydrogens is 316 g/mol. The Morgan fingerprint density at radius 3 is 2.24 bits per heavy atom. The largest absolute Gasteiger partial charge is 0.497 e. The van der Waals surface area contributed by atoms with Crippen LogP contribution < -0.4 is 20.1 Å². The Balaban J connectivity index is 1.67. The lowest BCUT2D eigenvalue weighted by molar-refractivity contribution is -0.115. The second-order valence-electron chi connectivity index (χ2n) is 6.01. The van der Waals surface area contributed by atoms with Crippen LogP contribution in [0.1, 0.15) is 19.4 Å². The summed E-state index contributed by atoms with van der Waals surface area (Å²) in [6, 6.07) is 15.3. The zero-order chi connectivity index (χ0) is 18.1. The normalized spacial score (nSPS) is 10.6. The third-order valence-electron chi connectivity index (χ3n) is 3.54. The van der Waals surface area contributed by atoms with E-state index >= 15 is 0 Å². The van der Waals surface area contributed by atoms with Crippen molar-refractivity contribution in [3.05, 3.63) is 54.1 Å². The van der Waals surface area contributed by atoms with E-state index in [1.807, 2.05) is 62.4 Å². The molecule has 5 heteroatoms. The highest BCUT2D eigenvalue weighted by molar-refractivity contribution is 5.92. The molecule has 2 N–H and O–H groups in total. The van der Waals surface area contributed by atoms with Crippen molar-refractivity contribution in [2.75, 3.05) is 25.5 Å². The highest BCUT2D eigenvalue weighted by atomic mass is 16.5. The molecule has 0 radical (unpaired) electrons. The van der Waals surface area contributed by atoms with E-state index in [2.05, 4.69) is 10.6 Å². The maximum Gasteiger partial charge on any atom is 0.238 e. The molecule has 0 saturated carbocycles. The first kappa shape index (κ1) is 18.8. The van der Waals surface area contributed by atoms with E-state index in [0.717, 1.165) is 30.2 Å². The molecular formula is C20H26N2O3. The first-order valence-corrected chi connectivity index (χ1v) is 8.47. The number of carbonyl (C=O) groups excluding carboxylic acids is 1. The topological polar surface area (TPSA) is 59.6 Å². The molecule has 0 aliphatic carbocycles. The lowest BCUT2D eigenvalue weighted by Crippen LogP contribution is -2.29. The van der Waals surface area contributed by atoms with Crippen LogP contribution in [0, 0.1) is 0 Å². The molecule has 134 valence electrons. The minimum atomic E-state index is -0.0627. The number of benzene rings is 2. The number of carbonyl (C=O) groups is 1. The Hall–Kier alpha value is -2.53. The molecule has 5 nitrogen and oxygen atoms in total. The van der Waals surface area contributed by atoms with Gasteiger partial charge >= 0.3 is 0 Å². The molecule has 0 aromatic heterocycles. The van der Waals surface area contributed by atoms with E-state index in [0.29, 0.717) is 0 Å². The fourth-order valence-electron chi connectivity index (χ4n) is 2.32.